The molecule has 0 spiro atoms. The summed E-state index contributed by atoms with van der Waals surface area (Å²) in [7, 11) is 0. The first-order valence-electron chi connectivity index (χ1n) is 5.72. The van der Waals surface area contributed by atoms with Crippen LogP contribution in [0.4, 0.5) is 5.69 Å². The van der Waals surface area contributed by atoms with E-state index in [0.29, 0.717) is 5.69 Å². The van der Waals surface area contributed by atoms with Gasteiger partial charge in [-0.05, 0) is 37.3 Å². The van der Waals surface area contributed by atoms with Crippen molar-refractivity contribution >= 4 is 16.7 Å². The number of benzene rings is 2. The number of nitrogens with zero attached hydrogens (tertiary/aromatic N) is 1. The summed E-state index contributed by atoms with van der Waals surface area (Å²) in [6.45, 7) is 2.01. The van der Waals surface area contributed by atoms with E-state index in [1.807, 2.05) is 37.3 Å². The zero-order valence-corrected chi connectivity index (χ0v) is 9.97. The van der Waals surface area contributed by atoms with Crippen LogP contribution in [0.2, 0.25) is 0 Å². The highest BCUT2D eigenvalue weighted by Gasteiger charge is 2.08. The van der Waals surface area contributed by atoms with Gasteiger partial charge in [-0.15, -0.1) is 0 Å². The van der Waals surface area contributed by atoms with Crippen LogP contribution in [0.25, 0.3) is 16.7 Å². The molecule has 0 aliphatic carbocycles. The van der Waals surface area contributed by atoms with Gasteiger partial charge in [0.05, 0.1) is 16.7 Å². The number of hydrogen-bond donors (Lipinski definition) is 2. The molecule has 4 nitrogen and oxygen atoms in total. The lowest BCUT2D eigenvalue weighted by atomic mass is 10.2. The molecule has 3 aromatic rings. The predicted octanol–water partition coefficient (Wildman–Crippen LogP) is 2.21. The Morgan fingerprint density at radius 3 is 2.56 bits per heavy atom. The maximum Gasteiger partial charge on any atom is 0.331 e. The van der Waals surface area contributed by atoms with Crippen molar-refractivity contribution in [1.29, 1.82) is 0 Å². The van der Waals surface area contributed by atoms with Gasteiger partial charge in [0, 0.05) is 5.69 Å². The molecular formula is C14H13N3O. The van der Waals surface area contributed by atoms with Crippen LogP contribution in [0.1, 0.15) is 5.56 Å². The first kappa shape index (κ1) is 10.7. The van der Waals surface area contributed by atoms with Gasteiger partial charge in [-0.25, -0.2) is 4.79 Å². The fraction of sp³-hybridized carbons (Fsp3) is 0.0714. The second kappa shape index (κ2) is 3.77. The first-order chi connectivity index (χ1) is 8.65. The quantitative estimate of drug-likeness (QED) is 0.639. The Morgan fingerprint density at radius 2 is 1.83 bits per heavy atom. The lowest BCUT2D eigenvalue weighted by molar-refractivity contribution is 1.02. The Balaban J connectivity index is 2.34. The van der Waals surface area contributed by atoms with Gasteiger partial charge in [0.25, 0.3) is 0 Å². The van der Waals surface area contributed by atoms with Crippen LogP contribution in [0, 0.1) is 6.92 Å². The molecule has 0 aliphatic heterocycles. The van der Waals surface area contributed by atoms with Crippen LogP contribution in [0.15, 0.2) is 47.3 Å². The minimum Gasteiger partial charge on any atom is -0.399 e. The Labute approximate surface area is 104 Å². The fourth-order valence-corrected chi connectivity index (χ4v) is 2.07. The zero-order chi connectivity index (χ0) is 12.7. The second-order valence-corrected chi connectivity index (χ2v) is 4.38. The van der Waals surface area contributed by atoms with Crippen LogP contribution < -0.4 is 11.4 Å². The van der Waals surface area contributed by atoms with E-state index in [0.717, 1.165) is 22.3 Å². The summed E-state index contributed by atoms with van der Waals surface area (Å²) in [4.78, 5) is 14.8. The third kappa shape index (κ3) is 1.59. The van der Waals surface area contributed by atoms with Gasteiger partial charge in [0.15, 0.2) is 0 Å². The topological polar surface area (TPSA) is 63.8 Å². The second-order valence-electron chi connectivity index (χ2n) is 4.38. The van der Waals surface area contributed by atoms with E-state index in [1.165, 1.54) is 0 Å². The number of aryl methyl sites for hydroxylation is 1. The summed E-state index contributed by atoms with van der Waals surface area (Å²) in [6.07, 6.45) is 0. The number of rotatable bonds is 1. The number of nitrogens with two attached hydrogens (primary N) is 1. The van der Waals surface area contributed by atoms with Crippen molar-refractivity contribution in [3.05, 3.63) is 58.5 Å². The van der Waals surface area contributed by atoms with Crippen molar-refractivity contribution in [3.8, 4) is 5.69 Å². The first-order valence-corrected chi connectivity index (χ1v) is 5.72. The highest BCUT2D eigenvalue weighted by Crippen LogP contribution is 2.18. The minimum absolute atomic E-state index is 0.153. The molecule has 3 N–H and O–H groups in total. The minimum atomic E-state index is -0.153. The summed E-state index contributed by atoms with van der Waals surface area (Å²) in [5.41, 5.74) is 9.84. The van der Waals surface area contributed by atoms with Crippen LogP contribution >= 0.6 is 0 Å². The Bertz CT molecular complexity index is 766. The van der Waals surface area contributed by atoms with E-state index in [-0.39, 0.29) is 5.69 Å². The maximum absolute atomic E-state index is 12.0. The van der Waals surface area contributed by atoms with Gasteiger partial charge in [-0.3, -0.25) is 4.57 Å². The van der Waals surface area contributed by atoms with E-state index in [2.05, 4.69) is 4.98 Å². The van der Waals surface area contributed by atoms with E-state index < -0.39 is 0 Å². The number of H-pyrrole nitrogens is 1. The molecule has 0 unspecified atom stereocenters. The number of anilines is 1. The lowest BCUT2D eigenvalue weighted by Gasteiger charge is -2.04. The summed E-state index contributed by atoms with van der Waals surface area (Å²) in [5.74, 6) is 0. The summed E-state index contributed by atoms with van der Waals surface area (Å²) in [5, 5.41) is 0. The molecule has 2 aromatic carbocycles. The zero-order valence-electron chi connectivity index (χ0n) is 9.97. The number of aromatic nitrogens is 2. The molecular weight excluding hydrogens is 226 g/mol. The molecule has 0 atom stereocenters. The molecule has 0 amide bonds. The number of aromatic amines is 1. The van der Waals surface area contributed by atoms with Gasteiger partial charge in [0.1, 0.15) is 0 Å². The maximum atomic E-state index is 12.0. The number of nitrogen functional groups attached to an aromatic ring is 1. The summed E-state index contributed by atoms with van der Waals surface area (Å²) < 4.78 is 1.63. The average molecular weight is 239 g/mol. The molecule has 4 heteroatoms. The molecule has 0 radical (unpaired) electrons. The Morgan fingerprint density at radius 1 is 1.11 bits per heavy atom. The van der Waals surface area contributed by atoms with Gasteiger partial charge >= 0.3 is 5.69 Å². The third-order valence-electron chi connectivity index (χ3n) is 3.00. The van der Waals surface area contributed by atoms with Crippen LogP contribution in [-0.4, -0.2) is 9.55 Å². The number of fused-ring (bicyclic) bond motifs is 1. The molecule has 0 saturated carbocycles. The molecule has 18 heavy (non-hydrogen) atoms. The standard InChI is InChI=1S/C14H13N3O/c1-9-2-5-11(6-3-9)17-13-8-10(15)4-7-12(13)16-14(17)18/h2-8H,15H2,1H3,(H,16,18). The SMILES string of the molecule is Cc1ccc(-n2c(=O)[nH]c3ccc(N)cc32)cc1. The van der Waals surface area contributed by atoms with E-state index in [4.69, 9.17) is 5.73 Å². The predicted molar refractivity (Wildman–Crippen MR) is 73.0 cm³/mol. The highest BCUT2D eigenvalue weighted by atomic mass is 16.1. The molecule has 1 heterocycles. The van der Waals surface area contributed by atoms with Crippen molar-refractivity contribution in [2.45, 2.75) is 6.92 Å². The molecule has 0 aliphatic rings. The molecule has 3 rings (SSSR count). The number of hydrogen-bond acceptors (Lipinski definition) is 2. The Kier molecular flexibility index (Phi) is 2.23. The molecule has 0 bridgehead atoms. The van der Waals surface area contributed by atoms with Gasteiger partial charge in [-0.2, -0.15) is 0 Å². The Hall–Kier alpha value is -2.49. The van der Waals surface area contributed by atoms with Gasteiger partial charge < -0.3 is 10.7 Å². The van der Waals surface area contributed by atoms with Crippen LogP contribution in [0.3, 0.4) is 0 Å². The van der Waals surface area contributed by atoms with E-state index in [1.54, 1.807) is 16.7 Å². The lowest BCUT2D eigenvalue weighted by Crippen LogP contribution is -2.14. The summed E-state index contributed by atoms with van der Waals surface area (Å²) >= 11 is 0. The molecule has 0 fully saturated rings. The van der Waals surface area contributed by atoms with Crippen LogP contribution in [-0.2, 0) is 0 Å². The van der Waals surface area contributed by atoms with Crippen molar-refractivity contribution in [3.63, 3.8) is 0 Å². The normalized spacial score (nSPS) is 10.9. The molecule has 90 valence electrons. The van der Waals surface area contributed by atoms with Crippen molar-refractivity contribution in [2.24, 2.45) is 0 Å². The van der Waals surface area contributed by atoms with E-state index in [9.17, 15) is 4.79 Å². The number of nitrogens with one attached hydrogen (secondary N) is 1. The van der Waals surface area contributed by atoms with Gasteiger partial charge in [0.2, 0.25) is 0 Å². The molecule has 1 aromatic heterocycles. The average Bonchev–Trinajstić information content (AvgIpc) is 2.66. The number of imidazole rings is 1. The fourth-order valence-electron chi connectivity index (χ4n) is 2.07. The summed E-state index contributed by atoms with van der Waals surface area (Å²) in [6, 6.07) is 13.2. The van der Waals surface area contributed by atoms with Gasteiger partial charge in [-0.1, -0.05) is 17.7 Å². The van der Waals surface area contributed by atoms with Crippen LogP contribution in [0.5, 0.6) is 0 Å². The highest BCUT2D eigenvalue weighted by molar-refractivity contribution is 5.80. The van der Waals surface area contributed by atoms with Crippen molar-refractivity contribution in [2.75, 3.05) is 5.73 Å². The van der Waals surface area contributed by atoms with E-state index >= 15 is 0 Å². The third-order valence-corrected chi connectivity index (χ3v) is 3.00. The molecule has 0 saturated heterocycles. The largest absolute Gasteiger partial charge is 0.399 e. The smallest absolute Gasteiger partial charge is 0.331 e. The monoisotopic (exact) mass is 239 g/mol. The van der Waals surface area contributed by atoms with Crippen molar-refractivity contribution < 1.29 is 0 Å². The van der Waals surface area contributed by atoms with Crippen molar-refractivity contribution in [1.82, 2.24) is 9.55 Å².